The summed E-state index contributed by atoms with van der Waals surface area (Å²) in [5, 5.41) is 9.03. The zero-order valence-corrected chi connectivity index (χ0v) is 12.8. The average Bonchev–Trinajstić information content (AvgIpc) is 2.50. The van der Waals surface area contributed by atoms with Crippen molar-refractivity contribution in [1.29, 1.82) is 0 Å². The number of ketones is 1. The summed E-state index contributed by atoms with van der Waals surface area (Å²) in [5.41, 5.74) is 0.522. The van der Waals surface area contributed by atoms with Gasteiger partial charge in [0.25, 0.3) is 0 Å². The van der Waals surface area contributed by atoms with Gasteiger partial charge in [-0.3, -0.25) is 9.59 Å². The van der Waals surface area contributed by atoms with Crippen molar-refractivity contribution in [2.24, 2.45) is 5.92 Å². The molecule has 5 nitrogen and oxygen atoms in total. The highest BCUT2D eigenvalue weighted by Gasteiger charge is 2.24. The smallest absolute Gasteiger partial charge is 0.304 e. The van der Waals surface area contributed by atoms with E-state index in [1.807, 2.05) is 13.8 Å². The number of nitrogens with zero attached hydrogens (tertiary/aromatic N) is 1. The van der Waals surface area contributed by atoms with Crippen LogP contribution in [0.2, 0.25) is 0 Å². The predicted octanol–water partition coefficient (Wildman–Crippen LogP) is 2.31. The lowest BCUT2D eigenvalue weighted by Gasteiger charge is -2.23. The second-order valence-corrected chi connectivity index (χ2v) is 4.87. The molecule has 1 aromatic rings. The molecule has 0 aliphatic carbocycles. The van der Waals surface area contributed by atoms with Crippen LogP contribution in [0.15, 0.2) is 24.3 Å². The van der Waals surface area contributed by atoms with Gasteiger partial charge in [0.15, 0.2) is 5.78 Å². The molecule has 0 spiro atoms. The van der Waals surface area contributed by atoms with Crippen LogP contribution in [-0.2, 0) is 4.79 Å². The SMILES string of the molecule is CCN(CC)CC(CC(=O)O)C(=O)c1ccc(OC)cc1. The largest absolute Gasteiger partial charge is 0.497 e. The highest BCUT2D eigenvalue weighted by molar-refractivity contribution is 5.99. The Morgan fingerprint density at radius 2 is 1.76 bits per heavy atom. The molecule has 1 N–H and O–H groups in total. The number of aliphatic carboxylic acids is 1. The van der Waals surface area contributed by atoms with Gasteiger partial charge in [0, 0.05) is 18.0 Å². The first-order valence-corrected chi connectivity index (χ1v) is 7.14. The van der Waals surface area contributed by atoms with Crippen molar-refractivity contribution in [1.82, 2.24) is 4.90 Å². The first-order chi connectivity index (χ1) is 10.0. The minimum Gasteiger partial charge on any atom is -0.497 e. The quantitative estimate of drug-likeness (QED) is 0.708. The highest BCUT2D eigenvalue weighted by atomic mass is 16.5. The summed E-state index contributed by atoms with van der Waals surface area (Å²) in [6.07, 6.45) is -0.151. The van der Waals surface area contributed by atoms with Crippen LogP contribution in [0.25, 0.3) is 0 Å². The Morgan fingerprint density at radius 1 is 1.19 bits per heavy atom. The summed E-state index contributed by atoms with van der Waals surface area (Å²) in [5.74, 6) is -0.943. The van der Waals surface area contributed by atoms with Crippen molar-refractivity contribution in [3.05, 3.63) is 29.8 Å². The number of carboxylic acids is 1. The Hall–Kier alpha value is -1.88. The summed E-state index contributed by atoms with van der Waals surface area (Å²) < 4.78 is 5.06. The molecular formula is C16H23NO4. The first kappa shape index (κ1) is 17.2. The van der Waals surface area contributed by atoms with Crippen molar-refractivity contribution in [3.8, 4) is 5.75 Å². The van der Waals surface area contributed by atoms with Gasteiger partial charge in [0.05, 0.1) is 13.5 Å². The molecule has 0 bridgehead atoms. The van der Waals surface area contributed by atoms with Crippen LogP contribution < -0.4 is 4.74 Å². The van der Waals surface area contributed by atoms with E-state index in [2.05, 4.69) is 4.90 Å². The third-order valence-corrected chi connectivity index (χ3v) is 3.54. The molecule has 116 valence electrons. The van der Waals surface area contributed by atoms with Gasteiger partial charge >= 0.3 is 5.97 Å². The van der Waals surface area contributed by atoms with Crippen LogP contribution in [-0.4, -0.2) is 48.5 Å². The molecule has 21 heavy (non-hydrogen) atoms. The maximum atomic E-state index is 12.5. The molecule has 0 amide bonds. The zero-order chi connectivity index (χ0) is 15.8. The number of carbonyl (C=O) groups excluding carboxylic acids is 1. The standard InChI is InChI=1S/C16H23NO4/c1-4-17(5-2)11-13(10-15(18)19)16(20)12-6-8-14(21-3)9-7-12/h6-9,13H,4-5,10-11H2,1-3H3,(H,18,19). The van der Waals surface area contributed by atoms with E-state index in [1.165, 1.54) is 0 Å². The van der Waals surface area contributed by atoms with Gasteiger partial charge in [0.1, 0.15) is 5.75 Å². The van der Waals surface area contributed by atoms with Gasteiger partial charge < -0.3 is 14.7 Å². The summed E-state index contributed by atoms with van der Waals surface area (Å²) in [4.78, 5) is 25.6. The van der Waals surface area contributed by atoms with E-state index in [0.29, 0.717) is 17.9 Å². The molecule has 0 aromatic heterocycles. The number of hydrogen-bond donors (Lipinski definition) is 1. The molecule has 1 unspecified atom stereocenters. The second kappa shape index (κ2) is 8.42. The fraction of sp³-hybridized carbons (Fsp3) is 0.500. The molecular weight excluding hydrogens is 270 g/mol. The molecule has 0 radical (unpaired) electrons. The fourth-order valence-electron chi connectivity index (χ4n) is 2.24. The number of benzene rings is 1. The van der Waals surface area contributed by atoms with Crippen molar-refractivity contribution >= 4 is 11.8 Å². The fourth-order valence-corrected chi connectivity index (χ4v) is 2.24. The predicted molar refractivity (Wildman–Crippen MR) is 80.9 cm³/mol. The van der Waals surface area contributed by atoms with E-state index in [1.54, 1.807) is 31.4 Å². The van der Waals surface area contributed by atoms with E-state index < -0.39 is 11.9 Å². The minimum atomic E-state index is -0.950. The summed E-state index contributed by atoms with van der Waals surface area (Å²) in [7, 11) is 1.56. The van der Waals surface area contributed by atoms with E-state index in [9.17, 15) is 9.59 Å². The van der Waals surface area contributed by atoms with Crippen molar-refractivity contribution in [2.45, 2.75) is 20.3 Å². The lowest BCUT2D eigenvalue weighted by atomic mass is 9.94. The van der Waals surface area contributed by atoms with Crippen molar-refractivity contribution in [3.63, 3.8) is 0 Å². The Balaban J connectivity index is 2.89. The van der Waals surface area contributed by atoms with E-state index in [0.717, 1.165) is 13.1 Å². The molecule has 0 aliphatic heterocycles. The number of carboxylic acid groups (broad SMARTS) is 1. The maximum Gasteiger partial charge on any atom is 0.304 e. The number of hydrogen-bond acceptors (Lipinski definition) is 4. The van der Waals surface area contributed by atoms with Gasteiger partial charge in [-0.05, 0) is 37.4 Å². The molecule has 0 fully saturated rings. The number of rotatable bonds is 9. The van der Waals surface area contributed by atoms with Crippen LogP contribution in [0.5, 0.6) is 5.75 Å². The van der Waals surface area contributed by atoms with E-state index in [-0.39, 0.29) is 12.2 Å². The Bertz CT molecular complexity index is 466. The topological polar surface area (TPSA) is 66.8 Å². The van der Waals surface area contributed by atoms with Gasteiger partial charge in [-0.2, -0.15) is 0 Å². The summed E-state index contributed by atoms with van der Waals surface area (Å²) in [6.45, 7) is 6.05. The molecule has 1 atom stereocenters. The minimum absolute atomic E-state index is 0.132. The normalized spacial score (nSPS) is 12.2. The molecule has 0 aliphatic rings. The van der Waals surface area contributed by atoms with Gasteiger partial charge in [-0.1, -0.05) is 13.8 Å². The number of methoxy groups -OCH3 is 1. The third-order valence-electron chi connectivity index (χ3n) is 3.54. The van der Waals surface area contributed by atoms with Crippen LogP contribution in [0.1, 0.15) is 30.6 Å². The lowest BCUT2D eigenvalue weighted by molar-refractivity contribution is -0.137. The van der Waals surface area contributed by atoms with E-state index in [4.69, 9.17) is 9.84 Å². The molecule has 0 saturated heterocycles. The lowest BCUT2D eigenvalue weighted by Crippen LogP contribution is -2.34. The maximum absolute atomic E-state index is 12.5. The van der Waals surface area contributed by atoms with Crippen LogP contribution in [0, 0.1) is 5.92 Å². The Morgan fingerprint density at radius 3 is 2.19 bits per heavy atom. The van der Waals surface area contributed by atoms with E-state index >= 15 is 0 Å². The molecule has 1 rings (SSSR count). The second-order valence-electron chi connectivity index (χ2n) is 4.87. The number of Topliss-reactive ketones (excluding diaryl/α,β-unsaturated/α-hetero) is 1. The first-order valence-electron chi connectivity index (χ1n) is 7.14. The Labute approximate surface area is 125 Å². The zero-order valence-electron chi connectivity index (χ0n) is 12.8. The summed E-state index contributed by atoms with van der Waals surface area (Å²) in [6, 6.07) is 6.78. The average molecular weight is 293 g/mol. The molecule has 1 aromatic carbocycles. The molecule has 0 saturated carbocycles. The van der Waals surface area contributed by atoms with Crippen LogP contribution >= 0.6 is 0 Å². The van der Waals surface area contributed by atoms with Crippen LogP contribution in [0.3, 0.4) is 0 Å². The van der Waals surface area contributed by atoms with Gasteiger partial charge in [-0.25, -0.2) is 0 Å². The van der Waals surface area contributed by atoms with Gasteiger partial charge in [-0.15, -0.1) is 0 Å². The highest BCUT2D eigenvalue weighted by Crippen LogP contribution is 2.18. The summed E-state index contributed by atoms with van der Waals surface area (Å²) >= 11 is 0. The molecule has 0 heterocycles. The number of carbonyl (C=O) groups is 2. The van der Waals surface area contributed by atoms with Gasteiger partial charge in [0.2, 0.25) is 0 Å². The Kier molecular flexibility index (Phi) is 6.88. The third kappa shape index (κ3) is 5.19. The van der Waals surface area contributed by atoms with Crippen molar-refractivity contribution in [2.75, 3.05) is 26.7 Å². The van der Waals surface area contributed by atoms with Crippen LogP contribution in [0.4, 0.5) is 0 Å². The van der Waals surface area contributed by atoms with Crippen molar-refractivity contribution < 1.29 is 19.4 Å². The molecule has 5 heteroatoms. The monoisotopic (exact) mass is 293 g/mol. The number of ether oxygens (including phenoxy) is 1.